The number of benzene rings is 2. The molecule has 0 radical (unpaired) electrons. The van der Waals surface area contributed by atoms with Crippen molar-refractivity contribution in [2.75, 3.05) is 5.32 Å². The summed E-state index contributed by atoms with van der Waals surface area (Å²) in [5, 5.41) is 4.75. The molecule has 0 aliphatic heterocycles. The van der Waals surface area contributed by atoms with Gasteiger partial charge in [0.2, 0.25) is 0 Å². The van der Waals surface area contributed by atoms with Gasteiger partial charge in [-0.2, -0.15) is 0 Å². The first kappa shape index (κ1) is 22.3. The summed E-state index contributed by atoms with van der Waals surface area (Å²) in [4.78, 5) is 37.8. The number of anilines is 1. The van der Waals surface area contributed by atoms with Crippen LogP contribution in [0.1, 0.15) is 32.5 Å². The molecule has 0 spiro atoms. The Hall–Kier alpha value is -3.91. The van der Waals surface area contributed by atoms with Crippen LogP contribution in [0.4, 0.5) is 10.1 Å². The van der Waals surface area contributed by atoms with Gasteiger partial charge in [0.25, 0.3) is 11.8 Å². The Morgan fingerprint density at radius 1 is 1.06 bits per heavy atom. The zero-order chi connectivity index (χ0) is 23.2. The maximum Gasteiger partial charge on any atom is 0.275 e. The molecule has 2 aromatic heterocycles. The molecule has 2 heterocycles. The Labute approximate surface area is 194 Å². The second-order valence-electron chi connectivity index (χ2n) is 7.36. The predicted octanol–water partition coefficient (Wildman–Crippen LogP) is 5.01. The first-order chi connectivity index (χ1) is 16.0. The number of carbonyl (C=O) groups excluding carboxylic acids is 2. The van der Waals surface area contributed by atoms with Gasteiger partial charge < -0.3 is 10.2 Å². The van der Waals surface area contributed by atoms with Gasteiger partial charge in [-0.15, -0.1) is 11.3 Å². The summed E-state index contributed by atoms with van der Waals surface area (Å²) < 4.78 is 13.4. The molecule has 4 aromatic rings. The molecule has 0 saturated carbocycles. The molecule has 4 rings (SSSR count). The van der Waals surface area contributed by atoms with Gasteiger partial charge in [-0.1, -0.05) is 30.3 Å². The molecular formula is C25H21FN4O2S. The van der Waals surface area contributed by atoms with E-state index in [-0.39, 0.29) is 12.2 Å². The Bertz CT molecular complexity index is 1230. The van der Waals surface area contributed by atoms with Crippen molar-refractivity contribution in [3.8, 4) is 0 Å². The highest BCUT2D eigenvalue weighted by molar-refractivity contribution is 7.09. The summed E-state index contributed by atoms with van der Waals surface area (Å²) in [5.74, 6) is -1.23. The van der Waals surface area contributed by atoms with Crippen LogP contribution in [-0.2, 0) is 11.3 Å². The molecule has 166 valence electrons. The average molecular weight is 461 g/mol. The van der Waals surface area contributed by atoms with Gasteiger partial charge in [-0.3, -0.25) is 14.6 Å². The minimum absolute atomic E-state index is 0.141. The summed E-state index contributed by atoms with van der Waals surface area (Å²) in [6.07, 6.45) is 4.31. The molecule has 0 bridgehead atoms. The molecule has 6 nitrogen and oxygen atoms in total. The zero-order valence-corrected chi connectivity index (χ0v) is 18.6. The molecule has 1 N–H and O–H groups in total. The first-order valence-corrected chi connectivity index (χ1v) is 11.1. The first-order valence-electron chi connectivity index (χ1n) is 10.2. The van der Waals surface area contributed by atoms with Crippen LogP contribution in [0.25, 0.3) is 0 Å². The SMILES string of the molecule is Cc1ccccc1[C@@H](C(=O)Nc1ccc(F)cc1)N(Cc1cccs1)C(=O)c1cnccn1. The van der Waals surface area contributed by atoms with Crippen LogP contribution >= 0.6 is 11.3 Å². The number of halogens is 1. The Morgan fingerprint density at radius 2 is 1.85 bits per heavy atom. The van der Waals surface area contributed by atoms with E-state index in [1.54, 1.807) is 0 Å². The van der Waals surface area contributed by atoms with Crippen molar-refractivity contribution < 1.29 is 14.0 Å². The highest BCUT2D eigenvalue weighted by Crippen LogP contribution is 2.29. The molecule has 2 amide bonds. The lowest BCUT2D eigenvalue weighted by Crippen LogP contribution is -2.41. The number of nitrogens with one attached hydrogen (secondary N) is 1. The predicted molar refractivity (Wildman–Crippen MR) is 125 cm³/mol. The molecule has 33 heavy (non-hydrogen) atoms. The van der Waals surface area contributed by atoms with Crippen molar-refractivity contribution in [2.45, 2.75) is 19.5 Å². The second kappa shape index (κ2) is 10.1. The number of amides is 2. The van der Waals surface area contributed by atoms with Crippen molar-refractivity contribution in [1.82, 2.24) is 14.9 Å². The van der Waals surface area contributed by atoms with Gasteiger partial charge in [-0.25, -0.2) is 9.37 Å². The summed E-state index contributed by atoms with van der Waals surface area (Å²) >= 11 is 1.49. The number of thiophene rings is 1. The standard InChI is InChI=1S/C25H21FN4O2S/c1-17-5-2-3-7-21(17)23(24(31)29-19-10-8-18(26)9-11-19)30(16-20-6-4-14-33-20)25(32)22-15-27-12-13-28-22/h2-15,23H,16H2,1H3,(H,29,31)/t23-/m0/s1. The normalized spacial score (nSPS) is 11.6. The molecule has 0 unspecified atom stereocenters. The van der Waals surface area contributed by atoms with Crippen LogP contribution in [-0.4, -0.2) is 26.7 Å². The quantitative estimate of drug-likeness (QED) is 0.421. The third kappa shape index (κ3) is 5.30. The van der Waals surface area contributed by atoms with E-state index in [0.717, 1.165) is 10.4 Å². The maximum atomic E-state index is 13.6. The van der Waals surface area contributed by atoms with E-state index >= 15 is 0 Å². The van der Waals surface area contributed by atoms with Crippen molar-refractivity contribution in [3.63, 3.8) is 0 Å². The van der Waals surface area contributed by atoms with E-state index < -0.39 is 23.7 Å². The highest BCUT2D eigenvalue weighted by atomic mass is 32.1. The van der Waals surface area contributed by atoms with Crippen molar-refractivity contribution in [3.05, 3.63) is 112 Å². The molecule has 2 aromatic carbocycles. The van der Waals surface area contributed by atoms with Crippen LogP contribution in [0.15, 0.2) is 84.6 Å². The number of nitrogens with zero attached hydrogens (tertiary/aromatic N) is 3. The third-order valence-corrected chi connectivity index (χ3v) is 5.97. The monoisotopic (exact) mass is 460 g/mol. The second-order valence-corrected chi connectivity index (χ2v) is 8.39. The van der Waals surface area contributed by atoms with E-state index in [1.165, 1.54) is 59.1 Å². The van der Waals surface area contributed by atoms with Gasteiger partial charge >= 0.3 is 0 Å². The lowest BCUT2D eigenvalue weighted by Gasteiger charge is -2.31. The fraction of sp³-hybridized carbons (Fsp3) is 0.120. The van der Waals surface area contributed by atoms with E-state index in [9.17, 15) is 14.0 Å². The van der Waals surface area contributed by atoms with Crippen LogP contribution in [0.3, 0.4) is 0 Å². The van der Waals surface area contributed by atoms with Gasteiger partial charge in [0.1, 0.15) is 17.6 Å². The van der Waals surface area contributed by atoms with E-state index in [1.807, 2.05) is 48.7 Å². The number of rotatable bonds is 7. The molecule has 1 atom stereocenters. The fourth-order valence-electron chi connectivity index (χ4n) is 3.50. The zero-order valence-electron chi connectivity index (χ0n) is 17.8. The number of hydrogen-bond acceptors (Lipinski definition) is 5. The number of hydrogen-bond donors (Lipinski definition) is 1. The van der Waals surface area contributed by atoms with Gasteiger partial charge in [-0.05, 0) is 53.8 Å². The number of carbonyl (C=O) groups is 2. The van der Waals surface area contributed by atoms with Crippen LogP contribution in [0, 0.1) is 12.7 Å². The summed E-state index contributed by atoms with van der Waals surface area (Å²) in [6.45, 7) is 2.10. The minimum atomic E-state index is -0.951. The van der Waals surface area contributed by atoms with Crippen LogP contribution in [0.2, 0.25) is 0 Å². The molecule has 0 fully saturated rings. The summed E-state index contributed by atoms with van der Waals surface area (Å²) in [5.41, 5.74) is 2.12. The molecular weight excluding hydrogens is 439 g/mol. The average Bonchev–Trinajstić information content (AvgIpc) is 3.35. The molecule has 0 aliphatic rings. The van der Waals surface area contributed by atoms with Gasteiger partial charge in [0.15, 0.2) is 0 Å². The Morgan fingerprint density at radius 3 is 2.52 bits per heavy atom. The Kier molecular flexibility index (Phi) is 6.85. The maximum absolute atomic E-state index is 13.6. The molecule has 8 heteroatoms. The van der Waals surface area contributed by atoms with Crippen molar-refractivity contribution in [1.29, 1.82) is 0 Å². The molecule has 0 saturated heterocycles. The topological polar surface area (TPSA) is 75.2 Å². The summed E-state index contributed by atoms with van der Waals surface area (Å²) in [6, 6.07) is 15.8. The molecule has 0 aliphatic carbocycles. The smallest absolute Gasteiger partial charge is 0.275 e. The largest absolute Gasteiger partial charge is 0.324 e. The number of aryl methyl sites for hydroxylation is 1. The lowest BCUT2D eigenvalue weighted by molar-refractivity contribution is -0.121. The van der Waals surface area contributed by atoms with Gasteiger partial charge in [0.05, 0.1) is 12.7 Å². The third-order valence-electron chi connectivity index (χ3n) is 5.10. The van der Waals surface area contributed by atoms with Crippen LogP contribution < -0.4 is 5.32 Å². The highest BCUT2D eigenvalue weighted by Gasteiger charge is 2.34. The Balaban J connectivity index is 1.78. The lowest BCUT2D eigenvalue weighted by atomic mass is 9.98. The van der Waals surface area contributed by atoms with E-state index in [4.69, 9.17) is 0 Å². The fourth-order valence-corrected chi connectivity index (χ4v) is 4.20. The number of aromatic nitrogens is 2. The van der Waals surface area contributed by atoms with Crippen molar-refractivity contribution >= 4 is 28.8 Å². The van der Waals surface area contributed by atoms with Crippen molar-refractivity contribution in [2.24, 2.45) is 0 Å². The van der Waals surface area contributed by atoms with E-state index in [0.29, 0.717) is 11.3 Å². The summed E-state index contributed by atoms with van der Waals surface area (Å²) in [7, 11) is 0. The van der Waals surface area contributed by atoms with Gasteiger partial charge in [0, 0.05) is 23.0 Å². The van der Waals surface area contributed by atoms with Crippen LogP contribution in [0.5, 0.6) is 0 Å². The van der Waals surface area contributed by atoms with E-state index in [2.05, 4.69) is 15.3 Å². The minimum Gasteiger partial charge on any atom is -0.324 e.